The van der Waals surface area contributed by atoms with Crippen LogP contribution in [0.1, 0.15) is 28.8 Å². The Balaban J connectivity index is 2.18. The van der Waals surface area contributed by atoms with E-state index in [4.69, 9.17) is 4.74 Å². The fourth-order valence-electron chi connectivity index (χ4n) is 3.12. The van der Waals surface area contributed by atoms with Crippen molar-refractivity contribution in [3.05, 3.63) is 35.4 Å². The Kier molecular flexibility index (Phi) is 6.74. The molecule has 0 aliphatic carbocycles. The molecular formula is C17H24N2O6S. The predicted molar refractivity (Wildman–Crippen MR) is 95.3 cm³/mol. The zero-order valence-electron chi connectivity index (χ0n) is 14.9. The number of piperidine rings is 1. The largest absolute Gasteiger partial charge is 0.480 e. The summed E-state index contributed by atoms with van der Waals surface area (Å²) in [4.78, 5) is 25.5. The lowest BCUT2D eigenvalue weighted by atomic mass is 10.0. The van der Waals surface area contributed by atoms with Crippen molar-refractivity contribution in [2.24, 2.45) is 0 Å². The minimum atomic E-state index is -3.28. The molecule has 1 aliphatic rings. The molecular weight excluding hydrogens is 360 g/mol. The maximum Gasteiger partial charge on any atom is 0.323 e. The molecule has 2 rings (SSSR count). The molecule has 1 aliphatic heterocycles. The number of aliphatic carboxylic acids is 1. The highest BCUT2D eigenvalue weighted by molar-refractivity contribution is 7.88. The van der Waals surface area contributed by atoms with E-state index in [9.17, 15) is 23.1 Å². The lowest BCUT2D eigenvalue weighted by Gasteiger charge is -2.37. The highest BCUT2D eigenvalue weighted by Crippen LogP contribution is 2.21. The number of hydrogen-bond acceptors (Lipinski definition) is 5. The van der Waals surface area contributed by atoms with Crippen LogP contribution in [0.2, 0.25) is 0 Å². The van der Waals surface area contributed by atoms with Gasteiger partial charge >= 0.3 is 5.97 Å². The summed E-state index contributed by atoms with van der Waals surface area (Å²) < 4.78 is 29.7. The van der Waals surface area contributed by atoms with E-state index < -0.39 is 22.5 Å². The van der Waals surface area contributed by atoms with Crippen LogP contribution >= 0.6 is 0 Å². The average Bonchev–Trinajstić information content (AvgIpc) is 2.59. The molecule has 1 saturated heterocycles. The minimum Gasteiger partial charge on any atom is -0.480 e. The molecule has 0 atom stereocenters. The van der Waals surface area contributed by atoms with Gasteiger partial charge in [0.15, 0.2) is 0 Å². The Morgan fingerprint density at radius 1 is 1.31 bits per heavy atom. The third-order valence-corrected chi connectivity index (χ3v) is 5.69. The molecule has 1 aromatic rings. The first-order valence-electron chi connectivity index (χ1n) is 8.28. The van der Waals surface area contributed by atoms with Crippen molar-refractivity contribution in [3.63, 3.8) is 0 Å². The minimum absolute atomic E-state index is 0.274. The monoisotopic (exact) mass is 384 g/mol. The first kappa shape index (κ1) is 20.3. The second-order valence-corrected chi connectivity index (χ2v) is 8.34. The maximum absolute atomic E-state index is 12.9. The summed E-state index contributed by atoms with van der Waals surface area (Å²) in [5, 5.41) is 9.21. The molecule has 1 N–H and O–H groups in total. The van der Waals surface area contributed by atoms with Gasteiger partial charge in [-0.25, -0.2) is 12.7 Å². The van der Waals surface area contributed by atoms with Gasteiger partial charge in [-0.05, 0) is 30.5 Å². The van der Waals surface area contributed by atoms with E-state index in [0.29, 0.717) is 25.0 Å². The van der Waals surface area contributed by atoms with Gasteiger partial charge in [-0.15, -0.1) is 0 Å². The van der Waals surface area contributed by atoms with Crippen LogP contribution in [0.4, 0.5) is 0 Å². The molecule has 0 spiro atoms. The SMILES string of the molecule is COCc1cccc(C(=O)N(CC(=O)O)C2CCN(S(C)(=O)=O)CC2)c1. The van der Waals surface area contributed by atoms with E-state index in [1.54, 1.807) is 25.3 Å². The smallest absolute Gasteiger partial charge is 0.323 e. The molecule has 8 nitrogen and oxygen atoms in total. The Morgan fingerprint density at radius 3 is 2.50 bits per heavy atom. The second kappa shape index (κ2) is 8.61. The summed E-state index contributed by atoms with van der Waals surface area (Å²) in [7, 11) is -1.73. The highest BCUT2D eigenvalue weighted by Gasteiger charge is 2.32. The number of methoxy groups -OCH3 is 1. The van der Waals surface area contributed by atoms with Gasteiger partial charge in [0, 0.05) is 31.8 Å². The highest BCUT2D eigenvalue weighted by atomic mass is 32.2. The molecule has 0 saturated carbocycles. The summed E-state index contributed by atoms with van der Waals surface area (Å²) in [5.74, 6) is -1.47. The molecule has 0 aromatic heterocycles. The van der Waals surface area contributed by atoms with Crippen molar-refractivity contribution in [2.75, 3.05) is 33.0 Å². The van der Waals surface area contributed by atoms with Crippen LogP contribution < -0.4 is 0 Å². The third-order valence-electron chi connectivity index (χ3n) is 4.38. The molecule has 1 heterocycles. The number of amides is 1. The van der Waals surface area contributed by atoms with Crippen LogP contribution in [0.15, 0.2) is 24.3 Å². The van der Waals surface area contributed by atoms with Gasteiger partial charge in [0.2, 0.25) is 10.0 Å². The van der Waals surface area contributed by atoms with Gasteiger partial charge < -0.3 is 14.7 Å². The first-order chi connectivity index (χ1) is 12.2. The van der Waals surface area contributed by atoms with Crippen molar-refractivity contribution in [1.29, 1.82) is 0 Å². The van der Waals surface area contributed by atoms with Crippen LogP contribution in [0.3, 0.4) is 0 Å². The van der Waals surface area contributed by atoms with Crippen molar-refractivity contribution in [2.45, 2.75) is 25.5 Å². The van der Waals surface area contributed by atoms with Gasteiger partial charge in [-0.2, -0.15) is 0 Å². The number of rotatable bonds is 7. The predicted octanol–water partition coefficient (Wildman–Crippen LogP) is 0.784. The Morgan fingerprint density at radius 2 is 1.96 bits per heavy atom. The molecule has 1 amide bonds. The van der Waals surface area contributed by atoms with Gasteiger partial charge in [0.05, 0.1) is 12.9 Å². The molecule has 144 valence electrons. The van der Waals surface area contributed by atoms with E-state index in [1.807, 2.05) is 6.07 Å². The molecule has 26 heavy (non-hydrogen) atoms. The van der Waals surface area contributed by atoms with E-state index in [1.165, 1.54) is 9.21 Å². The van der Waals surface area contributed by atoms with Crippen molar-refractivity contribution < 1.29 is 27.9 Å². The number of carboxylic acids is 1. The van der Waals surface area contributed by atoms with Gasteiger partial charge in [0.25, 0.3) is 5.91 Å². The number of nitrogens with zero attached hydrogens (tertiary/aromatic N) is 2. The summed E-state index contributed by atoms with van der Waals surface area (Å²) in [6.07, 6.45) is 1.96. The lowest BCUT2D eigenvalue weighted by Crippen LogP contribution is -2.50. The van der Waals surface area contributed by atoms with Crippen LogP contribution in [-0.2, 0) is 26.2 Å². The third kappa shape index (κ3) is 5.26. The number of carbonyl (C=O) groups excluding carboxylic acids is 1. The normalized spacial score (nSPS) is 16.4. The van der Waals surface area contributed by atoms with Crippen molar-refractivity contribution in [3.8, 4) is 0 Å². The number of benzene rings is 1. The molecule has 0 unspecified atom stereocenters. The summed E-state index contributed by atoms with van der Waals surface area (Å²) in [6.45, 7) is 0.483. The molecule has 1 aromatic carbocycles. The van der Waals surface area contributed by atoms with Gasteiger partial charge in [-0.3, -0.25) is 9.59 Å². The average molecular weight is 384 g/mol. The number of carbonyl (C=O) groups is 2. The van der Waals surface area contributed by atoms with E-state index in [2.05, 4.69) is 0 Å². The number of hydrogen-bond donors (Lipinski definition) is 1. The quantitative estimate of drug-likeness (QED) is 0.745. The number of ether oxygens (including phenoxy) is 1. The summed E-state index contributed by atoms with van der Waals surface area (Å²) >= 11 is 0. The summed E-state index contributed by atoms with van der Waals surface area (Å²) in [6, 6.07) is 6.57. The fraction of sp³-hybridized carbons (Fsp3) is 0.529. The molecule has 1 fully saturated rings. The van der Waals surface area contributed by atoms with Crippen molar-refractivity contribution >= 4 is 21.9 Å². The number of carboxylic acid groups (broad SMARTS) is 1. The van der Waals surface area contributed by atoms with Crippen LogP contribution in [0.5, 0.6) is 0 Å². The second-order valence-electron chi connectivity index (χ2n) is 6.35. The van der Waals surface area contributed by atoms with E-state index >= 15 is 0 Å². The van der Waals surface area contributed by atoms with Crippen LogP contribution in [0.25, 0.3) is 0 Å². The zero-order chi connectivity index (χ0) is 19.3. The van der Waals surface area contributed by atoms with Gasteiger partial charge in [0.1, 0.15) is 6.54 Å². The zero-order valence-corrected chi connectivity index (χ0v) is 15.7. The Bertz CT molecular complexity index is 756. The Labute approximate surface area is 153 Å². The maximum atomic E-state index is 12.9. The molecule has 0 bridgehead atoms. The van der Waals surface area contributed by atoms with E-state index in [0.717, 1.165) is 11.8 Å². The van der Waals surface area contributed by atoms with Crippen LogP contribution in [-0.4, -0.2) is 73.6 Å². The fourth-order valence-corrected chi connectivity index (χ4v) is 4.00. The van der Waals surface area contributed by atoms with Gasteiger partial charge in [-0.1, -0.05) is 12.1 Å². The first-order valence-corrected chi connectivity index (χ1v) is 10.1. The number of sulfonamides is 1. The molecule has 0 radical (unpaired) electrons. The lowest BCUT2D eigenvalue weighted by molar-refractivity contribution is -0.138. The Hall–Kier alpha value is -1.97. The standard InChI is InChI=1S/C17H24N2O6S/c1-25-12-13-4-3-5-14(10-13)17(22)19(11-16(20)21)15-6-8-18(9-7-15)26(2,23)24/h3-5,10,15H,6-9,11-12H2,1-2H3,(H,20,21). The van der Waals surface area contributed by atoms with E-state index in [-0.39, 0.29) is 25.0 Å². The van der Waals surface area contributed by atoms with Crippen LogP contribution in [0, 0.1) is 0 Å². The van der Waals surface area contributed by atoms with Crippen molar-refractivity contribution in [1.82, 2.24) is 9.21 Å². The summed E-state index contributed by atoms with van der Waals surface area (Å²) in [5.41, 5.74) is 1.21. The topological polar surface area (TPSA) is 104 Å². The molecule has 9 heteroatoms.